The molecule has 0 saturated heterocycles. The average molecular weight is 329 g/mol. The minimum absolute atomic E-state index is 0.0347. The summed E-state index contributed by atoms with van der Waals surface area (Å²) in [6.45, 7) is 0. The van der Waals surface area contributed by atoms with E-state index in [1.807, 2.05) is 6.07 Å². The van der Waals surface area contributed by atoms with Crippen molar-refractivity contribution >= 4 is 27.3 Å². The molecular formula is C13H14BrFN2S. The summed E-state index contributed by atoms with van der Waals surface area (Å²) >= 11 is 4.83. The third-order valence-electron chi connectivity index (χ3n) is 2.85. The largest absolute Gasteiger partial charge is 0.271 e. The molecule has 0 aliphatic rings. The SMILES string of the molecule is NNC(CCc1ccsc1)c1ccc(Br)c(F)c1. The molecule has 1 heterocycles. The second-order valence-electron chi connectivity index (χ2n) is 4.06. The van der Waals surface area contributed by atoms with Gasteiger partial charge in [0.15, 0.2) is 0 Å². The number of hydrogen-bond donors (Lipinski definition) is 2. The van der Waals surface area contributed by atoms with Gasteiger partial charge in [-0.15, -0.1) is 0 Å². The molecule has 0 aliphatic carbocycles. The van der Waals surface area contributed by atoms with Gasteiger partial charge < -0.3 is 0 Å². The van der Waals surface area contributed by atoms with Gasteiger partial charge in [0.05, 0.1) is 4.47 Å². The Morgan fingerprint density at radius 1 is 1.39 bits per heavy atom. The Hall–Kier alpha value is -0.750. The number of aryl methyl sites for hydroxylation is 1. The molecule has 3 N–H and O–H groups in total. The summed E-state index contributed by atoms with van der Waals surface area (Å²) in [6.07, 6.45) is 1.77. The molecule has 2 rings (SSSR count). The van der Waals surface area contributed by atoms with Gasteiger partial charge in [0.2, 0.25) is 0 Å². The summed E-state index contributed by atoms with van der Waals surface area (Å²) < 4.78 is 13.9. The number of nitrogens with two attached hydrogens (primary N) is 1. The van der Waals surface area contributed by atoms with Gasteiger partial charge in [0.1, 0.15) is 5.82 Å². The average Bonchev–Trinajstić information content (AvgIpc) is 2.87. The van der Waals surface area contributed by atoms with Crippen molar-refractivity contribution in [3.63, 3.8) is 0 Å². The summed E-state index contributed by atoms with van der Waals surface area (Å²) in [5, 5.41) is 4.18. The lowest BCUT2D eigenvalue weighted by Gasteiger charge is -2.16. The van der Waals surface area contributed by atoms with Crippen molar-refractivity contribution in [2.45, 2.75) is 18.9 Å². The Balaban J connectivity index is 2.05. The highest BCUT2D eigenvalue weighted by atomic mass is 79.9. The van der Waals surface area contributed by atoms with Crippen LogP contribution in [0.5, 0.6) is 0 Å². The highest BCUT2D eigenvalue weighted by Crippen LogP contribution is 2.23. The lowest BCUT2D eigenvalue weighted by atomic mass is 10.0. The van der Waals surface area contributed by atoms with Gasteiger partial charge >= 0.3 is 0 Å². The van der Waals surface area contributed by atoms with E-state index in [1.54, 1.807) is 17.4 Å². The summed E-state index contributed by atoms with van der Waals surface area (Å²) in [5.41, 5.74) is 4.91. The predicted molar refractivity (Wildman–Crippen MR) is 76.8 cm³/mol. The smallest absolute Gasteiger partial charge is 0.137 e. The zero-order valence-corrected chi connectivity index (χ0v) is 12.1. The second-order valence-corrected chi connectivity index (χ2v) is 5.70. The van der Waals surface area contributed by atoms with Crippen molar-refractivity contribution in [1.82, 2.24) is 5.43 Å². The maximum absolute atomic E-state index is 13.5. The number of thiophene rings is 1. The fourth-order valence-electron chi connectivity index (χ4n) is 1.82. The standard InChI is InChI=1S/C13H14BrFN2S/c14-11-3-2-10(7-12(11)15)13(17-16)4-1-9-5-6-18-8-9/h2-3,5-8,13,17H,1,4,16H2. The second kappa shape index (κ2) is 6.43. The highest BCUT2D eigenvalue weighted by molar-refractivity contribution is 9.10. The van der Waals surface area contributed by atoms with Crippen molar-refractivity contribution < 1.29 is 4.39 Å². The molecule has 0 radical (unpaired) electrons. The van der Waals surface area contributed by atoms with E-state index in [0.717, 1.165) is 18.4 Å². The van der Waals surface area contributed by atoms with Crippen LogP contribution in [-0.4, -0.2) is 0 Å². The molecule has 1 aromatic heterocycles. The molecule has 1 unspecified atom stereocenters. The van der Waals surface area contributed by atoms with E-state index in [1.165, 1.54) is 11.6 Å². The molecule has 5 heteroatoms. The van der Waals surface area contributed by atoms with Crippen LogP contribution in [0, 0.1) is 5.82 Å². The number of rotatable bonds is 5. The van der Waals surface area contributed by atoms with E-state index in [9.17, 15) is 4.39 Å². The van der Waals surface area contributed by atoms with Crippen molar-refractivity contribution in [2.24, 2.45) is 5.84 Å². The summed E-state index contributed by atoms with van der Waals surface area (Å²) in [5.74, 6) is 5.29. The Kier molecular flexibility index (Phi) is 4.88. The van der Waals surface area contributed by atoms with E-state index in [4.69, 9.17) is 5.84 Å². The molecule has 96 valence electrons. The van der Waals surface area contributed by atoms with Crippen LogP contribution in [0.2, 0.25) is 0 Å². The summed E-state index contributed by atoms with van der Waals surface area (Å²) in [4.78, 5) is 0. The molecule has 0 amide bonds. The Bertz CT molecular complexity index is 502. The maximum atomic E-state index is 13.5. The Labute approximate surface area is 118 Å². The third kappa shape index (κ3) is 3.38. The minimum atomic E-state index is -0.261. The van der Waals surface area contributed by atoms with E-state index in [-0.39, 0.29) is 11.9 Å². The van der Waals surface area contributed by atoms with Crippen LogP contribution in [0.3, 0.4) is 0 Å². The number of nitrogens with one attached hydrogen (secondary N) is 1. The Morgan fingerprint density at radius 2 is 2.22 bits per heavy atom. The summed E-state index contributed by atoms with van der Waals surface area (Å²) in [7, 11) is 0. The van der Waals surface area contributed by atoms with Gasteiger partial charge in [0, 0.05) is 6.04 Å². The number of hydrazine groups is 1. The Morgan fingerprint density at radius 3 is 2.83 bits per heavy atom. The van der Waals surface area contributed by atoms with Crippen molar-refractivity contribution in [2.75, 3.05) is 0 Å². The van der Waals surface area contributed by atoms with E-state index in [0.29, 0.717) is 4.47 Å². The van der Waals surface area contributed by atoms with Gasteiger partial charge in [-0.1, -0.05) is 6.07 Å². The fraction of sp³-hybridized carbons (Fsp3) is 0.231. The van der Waals surface area contributed by atoms with E-state index < -0.39 is 0 Å². The van der Waals surface area contributed by atoms with Crippen LogP contribution in [0.4, 0.5) is 4.39 Å². The molecule has 0 spiro atoms. The van der Waals surface area contributed by atoms with E-state index >= 15 is 0 Å². The fourth-order valence-corrected chi connectivity index (χ4v) is 2.77. The van der Waals surface area contributed by atoms with E-state index in [2.05, 4.69) is 38.2 Å². The molecule has 1 atom stereocenters. The third-order valence-corrected chi connectivity index (χ3v) is 4.22. The molecule has 18 heavy (non-hydrogen) atoms. The molecular weight excluding hydrogens is 315 g/mol. The molecule has 0 saturated carbocycles. The van der Waals surface area contributed by atoms with Crippen molar-refractivity contribution in [3.8, 4) is 0 Å². The molecule has 0 bridgehead atoms. The first kappa shape index (κ1) is 13.7. The van der Waals surface area contributed by atoms with Crippen LogP contribution in [0.15, 0.2) is 39.5 Å². The number of halogens is 2. The van der Waals surface area contributed by atoms with Crippen molar-refractivity contribution in [1.29, 1.82) is 0 Å². The quantitative estimate of drug-likeness (QED) is 0.647. The maximum Gasteiger partial charge on any atom is 0.137 e. The van der Waals surface area contributed by atoms with Crippen molar-refractivity contribution in [3.05, 3.63) is 56.4 Å². The predicted octanol–water partition coefficient (Wildman–Crippen LogP) is 3.79. The number of hydrogen-bond acceptors (Lipinski definition) is 3. The molecule has 1 aromatic carbocycles. The van der Waals surface area contributed by atoms with Gasteiger partial charge in [-0.2, -0.15) is 11.3 Å². The zero-order valence-electron chi connectivity index (χ0n) is 9.70. The number of benzene rings is 1. The highest BCUT2D eigenvalue weighted by Gasteiger charge is 2.12. The normalized spacial score (nSPS) is 12.6. The van der Waals surface area contributed by atoms with Gasteiger partial charge in [-0.05, 0) is 68.9 Å². The minimum Gasteiger partial charge on any atom is -0.271 e. The van der Waals surface area contributed by atoms with Crippen LogP contribution in [0.25, 0.3) is 0 Å². The molecule has 2 aromatic rings. The monoisotopic (exact) mass is 328 g/mol. The van der Waals surface area contributed by atoms with Crippen LogP contribution < -0.4 is 11.3 Å². The zero-order chi connectivity index (χ0) is 13.0. The van der Waals surface area contributed by atoms with Crippen LogP contribution in [-0.2, 0) is 6.42 Å². The first-order valence-electron chi connectivity index (χ1n) is 5.63. The lowest BCUT2D eigenvalue weighted by molar-refractivity contribution is 0.511. The summed E-state index contributed by atoms with van der Waals surface area (Å²) in [6, 6.07) is 7.17. The lowest BCUT2D eigenvalue weighted by Crippen LogP contribution is -2.28. The first-order chi connectivity index (χ1) is 8.70. The molecule has 2 nitrogen and oxygen atoms in total. The van der Waals surface area contributed by atoms with Crippen LogP contribution >= 0.6 is 27.3 Å². The topological polar surface area (TPSA) is 38.0 Å². The van der Waals surface area contributed by atoms with Gasteiger partial charge in [0.25, 0.3) is 0 Å². The van der Waals surface area contributed by atoms with Crippen LogP contribution in [0.1, 0.15) is 23.6 Å². The molecule has 0 fully saturated rings. The molecule has 0 aliphatic heterocycles. The van der Waals surface area contributed by atoms with Gasteiger partial charge in [-0.3, -0.25) is 11.3 Å². The van der Waals surface area contributed by atoms with Gasteiger partial charge in [-0.25, -0.2) is 4.39 Å². The first-order valence-corrected chi connectivity index (χ1v) is 7.36.